The van der Waals surface area contributed by atoms with E-state index in [0.29, 0.717) is 11.5 Å². The summed E-state index contributed by atoms with van der Waals surface area (Å²) >= 11 is 1.61. The molecule has 29 heavy (non-hydrogen) atoms. The summed E-state index contributed by atoms with van der Waals surface area (Å²) in [6, 6.07) is 16.8. The fourth-order valence-electron chi connectivity index (χ4n) is 5.79. The molecule has 3 aromatic rings. The Hall–Kier alpha value is -2.28. The zero-order chi connectivity index (χ0) is 19.4. The van der Waals surface area contributed by atoms with E-state index in [1.165, 1.54) is 5.56 Å². The van der Waals surface area contributed by atoms with Crippen molar-refractivity contribution in [2.75, 3.05) is 39.3 Å². The van der Waals surface area contributed by atoms with Crippen LogP contribution in [-0.2, 0) is 5.41 Å². The molecule has 6 heteroatoms. The van der Waals surface area contributed by atoms with Crippen molar-refractivity contribution >= 4 is 27.5 Å². The van der Waals surface area contributed by atoms with Crippen LogP contribution in [0.5, 0.6) is 0 Å². The molecule has 4 aliphatic rings. The van der Waals surface area contributed by atoms with Crippen LogP contribution >= 0.6 is 11.3 Å². The molecule has 1 amide bonds. The quantitative estimate of drug-likeness (QED) is 0.729. The summed E-state index contributed by atoms with van der Waals surface area (Å²) in [5.74, 6) is 0.475. The van der Waals surface area contributed by atoms with Gasteiger partial charge in [-0.15, -0.1) is 11.3 Å². The maximum absolute atomic E-state index is 13.3. The lowest BCUT2D eigenvalue weighted by Gasteiger charge is -2.55. The first-order valence-electron chi connectivity index (χ1n) is 10.4. The number of piperidine rings is 2. The van der Waals surface area contributed by atoms with Crippen molar-refractivity contribution in [3.05, 3.63) is 65.2 Å². The largest absolute Gasteiger partial charge is 0.348 e. The van der Waals surface area contributed by atoms with E-state index in [-0.39, 0.29) is 17.4 Å². The molecule has 1 aromatic heterocycles. The highest BCUT2D eigenvalue weighted by atomic mass is 32.1. The average Bonchev–Trinajstić information content (AvgIpc) is 3.08. The van der Waals surface area contributed by atoms with Crippen molar-refractivity contribution in [2.45, 2.75) is 11.5 Å². The van der Waals surface area contributed by atoms with Crippen molar-refractivity contribution < 1.29 is 4.79 Å². The number of amides is 1. The lowest BCUT2D eigenvalue weighted by atomic mass is 9.64. The summed E-state index contributed by atoms with van der Waals surface area (Å²) in [6.45, 7) is 6.43. The van der Waals surface area contributed by atoms with Crippen LogP contribution in [-0.4, -0.2) is 66.0 Å². The molecule has 2 aromatic carbocycles. The van der Waals surface area contributed by atoms with E-state index in [1.54, 1.807) is 11.3 Å². The number of nitrogens with one attached hydrogen (secondary N) is 1. The molecule has 0 saturated carbocycles. The van der Waals surface area contributed by atoms with Crippen LogP contribution in [0.4, 0.5) is 0 Å². The van der Waals surface area contributed by atoms with Gasteiger partial charge in [0, 0.05) is 62.2 Å². The molecule has 7 rings (SSSR count). The van der Waals surface area contributed by atoms with E-state index in [0.717, 1.165) is 49.5 Å². The zero-order valence-electron chi connectivity index (χ0n) is 16.3. The molecule has 0 aliphatic carbocycles. The van der Waals surface area contributed by atoms with Crippen LogP contribution in [0.25, 0.3) is 10.2 Å². The first-order chi connectivity index (χ1) is 14.2. The van der Waals surface area contributed by atoms with Gasteiger partial charge in [-0.25, -0.2) is 4.98 Å². The number of rotatable bonds is 3. The summed E-state index contributed by atoms with van der Waals surface area (Å²) in [4.78, 5) is 22.9. The summed E-state index contributed by atoms with van der Waals surface area (Å²) in [5.41, 5.74) is 4.74. The standard InChI is InChI=1S/C23H24N4OS/c28-22(16-6-7-20-19(10-16)24-15-29-20)25-21-17-11-26-8-9-27(12-17)14-23(21,13-26)18-4-2-1-3-5-18/h1-7,10,15,17,21H,8-9,11-14H2,(H,25,28). The third kappa shape index (κ3) is 2.81. The van der Waals surface area contributed by atoms with Crippen LogP contribution in [0.3, 0.4) is 0 Å². The van der Waals surface area contributed by atoms with Crippen LogP contribution in [0.2, 0.25) is 0 Å². The second-order valence-electron chi connectivity index (χ2n) is 8.74. The second-order valence-corrected chi connectivity index (χ2v) is 9.62. The lowest BCUT2D eigenvalue weighted by molar-refractivity contribution is 0.0180. The number of fused-ring (bicyclic) bond motifs is 2. The molecule has 3 unspecified atom stereocenters. The number of carbonyl (C=O) groups is 1. The second kappa shape index (κ2) is 6.62. The van der Waals surface area contributed by atoms with Crippen LogP contribution in [0.15, 0.2) is 54.0 Å². The van der Waals surface area contributed by atoms with E-state index >= 15 is 0 Å². The van der Waals surface area contributed by atoms with E-state index in [9.17, 15) is 4.79 Å². The van der Waals surface area contributed by atoms with Gasteiger partial charge in [-0.2, -0.15) is 0 Å². The van der Waals surface area contributed by atoms with Gasteiger partial charge in [0.1, 0.15) is 0 Å². The molecular formula is C23H24N4OS. The first-order valence-corrected chi connectivity index (χ1v) is 11.2. The number of aromatic nitrogens is 1. The molecule has 0 radical (unpaired) electrons. The maximum Gasteiger partial charge on any atom is 0.251 e. The Morgan fingerprint density at radius 2 is 1.83 bits per heavy atom. The number of benzene rings is 2. The summed E-state index contributed by atoms with van der Waals surface area (Å²) in [6.07, 6.45) is 0. The smallest absolute Gasteiger partial charge is 0.251 e. The molecule has 1 N–H and O–H groups in total. The number of nitrogens with zero attached hydrogens (tertiary/aromatic N) is 3. The van der Waals surface area contributed by atoms with Crippen molar-refractivity contribution in [1.29, 1.82) is 0 Å². The van der Waals surface area contributed by atoms with Gasteiger partial charge in [0.15, 0.2) is 0 Å². The highest BCUT2D eigenvalue weighted by molar-refractivity contribution is 7.16. The van der Waals surface area contributed by atoms with E-state index < -0.39 is 0 Å². The topological polar surface area (TPSA) is 48.5 Å². The molecule has 5 nitrogen and oxygen atoms in total. The van der Waals surface area contributed by atoms with E-state index in [2.05, 4.69) is 50.4 Å². The highest BCUT2D eigenvalue weighted by Crippen LogP contribution is 2.43. The van der Waals surface area contributed by atoms with Gasteiger partial charge >= 0.3 is 0 Å². The van der Waals surface area contributed by atoms with Gasteiger partial charge < -0.3 is 15.1 Å². The summed E-state index contributed by atoms with van der Waals surface area (Å²) in [7, 11) is 0. The summed E-state index contributed by atoms with van der Waals surface area (Å²) in [5, 5.41) is 3.49. The fourth-order valence-corrected chi connectivity index (χ4v) is 6.45. The molecule has 4 fully saturated rings. The normalized spacial score (nSPS) is 33.0. The van der Waals surface area contributed by atoms with E-state index in [1.807, 2.05) is 23.7 Å². The Kier molecular flexibility index (Phi) is 4.01. The third-order valence-corrected chi connectivity index (χ3v) is 7.83. The molecular weight excluding hydrogens is 380 g/mol. The Bertz CT molecular complexity index is 1050. The average molecular weight is 405 g/mol. The molecule has 148 valence electrons. The highest BCUT2D eigenvalue weighted by Gasteiger charge is 2.55. The van der Waals surface area contributed by atoms with Gasteiger partial charge in [-0.05, 0) is 23.8 Å². The van der Waals surface area contributed by atoms with Crippen molar-refractivity contribution in [1.82, 2.24) is 20.1 Å². The van der Waals surface area contributed by atoms with Crippen molar-refractivity contribution in [3.63, 3.8) is 0 Å². The minimum atomic E-state index is -0.0562. The Labute approximate surface area is 174 Å². The predicted octanol–water partition coefficient (Wildman–Crippen LogP) is 2.59. The van der Waals surface area contributed by atoms with Gasteiger partial charge in [0.25, 0.3) is 5.91 Å². The van der Waals surface area contributed by atoms with Gasteiger partial charge in [-0.3, -0.25) is 4.79 Å². The minimum absolute atomic E-state index is 0.0244. The van der Waals surface area contributed by atoms with Crippen LogP contribution in [0.1, 0.15) is 15.9 Å². The predicted molar refractivity (Wildman–Crippen MR) is 115 cm³/mol. The number of thiazole rings is 1. The lowest BCUT2D eigenvalue weighted by Crippen LogP contribution is -2.70. The SMILES string of the molecule is O=C(NC1C2CN3CCN(C2)CC1(c1ccccc1)C3)c1ccc2scnc2c1. The van der Waals surface area contributed by atoms with Crippen LogP contribution in [0, 0.1) is 5.92 Å². The van der Waals surface area contributed by atoms with Gasteiger partial charge in [0.2, 0.25) is 0 Å². The maximum atomic E-state index is 13.3. The number of hydrogen-bond donors (Lipinski definition) is 1. The molecule has 3 atom stereocenters. The summed E-state index contributed by atoms with van der Waals surface area (Å²) < 4.78 is 1.12. The third-order valence-electron chi connectivity index (χ3n) is 7.02. The molecule has 5 heterocycles. The monoisotopic (exact) mass is 404 g/mol. The van der Waals surface area contributed by atoms with Gasteiger partial charge in [-0.1, -0.05) is 30.3 Å². The molecule has 4 saturated heterocycles. The minimum Gasteiger partial charge on any atom is -0.348 e. The molecule has 4 bridgehead atoms. The number of hydrogen-bond acceptors (Lipinski definition) is 5. The fraction of sp³-hybridized carbons (Fsp3) is 0.391. The molecule has 0 spiro atoms. The first kappa shape index (κ1) is 17.6. The Balaban J connectivity index is 1.38. The van der Waals surface area contributed by atoms with Crippen molar-refractivity contribution in [2.24, 2.45) is 5.92 Å². The molecule has 4 aliphatic heterocycles. The van der Waals surface area contributed by atoms with Gasteiger partial charge in [0.05, 0.1) is 15.7 Å². The van der Waals surface area contributed by atoms with Crippen LogP contribution < -0.4 is 5.32 Å². The Morgan fingerprint density at radius 3 is 2.59 bits per heavy atom. The zero-order valence-corrected chi connectivity index (χ0v) is 17.1. The van der Waals surface area contributed by atoms with E-state index in [4.69, 9.17) is 0 Å². The number of carbonyl (C=O) groups excluding carboxylic acids is 1. The Morgan fingerprint density at radius 1 is 1.07 bits per heavy atom. The van der Waals surface area contributed by atoms with Crippen molar-refractivity contribution in [3.8, 4) is 0 Å².